The third-order valence-electron chi connectivity index (χ3n) is 4.59. The molecule has 3 rings (SSSR count). The number of piperidine rings is 1. The molecular formula is C19H23ClN4O3. The van der Waals surface area contributed by atoms with Gasteiger partial charge in [0.05, 0.1) is 10.7 Å². The molecule has 0 aromatic carbocycles. The van der Waals surface area contributed by atoms with E-state index in [0.717, 1.165) is 24.2 Å². The van der Waals surface area contributed by atoms with E-state index in [1.807, 2.05) is 19.9 Å². The fourth-order valence-electron chi connectivity index (χ4n) is 3.26. The van der Waals surface area contributed by atoms with Gasteiger partial charge in [-0.3, -0.25) is 4.79 Å². The van der Waals surface area contributed by atoms with Crippen molar-refractivity contribution in [2.24, 2.45) is 5.92 Å². The summed E-state index contributed by atoms with van der Waals surface area (Å²) in [7, 11) is 0. The van der Waals surface area contributed by atoms with E-state index in [9.17, 15) is 9.59 Å². The SMILES string of the molecule is Cc1cc(C)n(-c2ccc(Cl)c(C(=O)OCC(=O)N3CCCC(C)C3)n2)n1. The number of ether oxygens (including phenoxy) is 1. The Hall–Kier alpha value is -2.41. The van der Waals surface area contributed by atoms with Gasteiger partial charge in [-0.05, 0) is 50.8 Å². The minimum Gasteiger partial charge on any atom is -0.451 e. The van der Waals surface area contributed by atoms with Crippen LogP contribution in [0.1, 0.15) is 41.6 Å². The molecular weight excluding hydrogens is 368 g/mol. The zero-order valence-corrected chi connectivity index (χ0v) is 16.5. The van der Waals surface area contributed by atoms with Crippen molar-refractivity contribution in [1.29, 1.82) is 0 Å². The second-order valence-corrected chi connectivity index (χ2v) is 7.41. The van der Waals surface area contributed by atoms with E-state index in [4.69, 9.17) is 16.3 Å². The molecule has 27 heavy (non-hydrogen) atoms. The number of aromatic nitrogens is 3. The predicted molar refractivity (Wildman–Crippen MR) is 101 cm³/mol. The second-order valence-electron chi connectivity index (χ2n) is 7.00. The first-order valence-electron chi connectivity index (χ1n) is 9.00. The summed E-state index contributed by atoms with van der Waals surface area (Å²) in [6.07, 6.45) is 2.08. The maximum absolute atomic E-state index is 12.4. The van der Waals surface area contributed by atoms with E-state index in [2.05, 4.69) is 17.0 Å². The summed E-state index contributed by atoms with van der Waals surface area (Å²) in [6, 6.07) is 5.16. The lowest BCUT2D eigenvalue weighted by Crippen LogP contribution is -2.41. The third kappa shape index (κ3) is 4.47. The van der Waals surface area contributed by atoms with E-state index in [0.29, 0.717) is 24.8 Å². The first-order valence-corrected chi connectivity index (χ1v) is 9.38. The lowest BCUT2D eigenvalue weighted by Gasteiger charge is -2.30. The number of carbonyl (C=O) groups excluding carboxylic acids is 2. The van der Waals surface area contributed by atoms with Gasteiger partial charge in [0.2, 0.25) is 0 Å². The van der Waals surface area contributed by atoms with Crippen LogP contribution in [0.15, 0.2) is 18.2 Å². The standard InChI is InChI=1S/C19H23ClN4O3/c1-12-5-4-8-23(10-12)17(25)11-27-19(26)18-15(20)6-7-16(21-18)24-14(3)9-13(2)22-24/h6-7,9,12H,4-5,8,10-11H2,1-3H3. The largest absolute Gasteiger partial charge is 0.451 e. The average Bonchev–Trinajstić information content (AvgIpc) is 2.98. The highest BCUT2D eigenvalue weighted by Gasteiger charge is 2.23. The minimum atomic E-state index is -0.721. The van der Waals surface area contributed by atoms with Gasteiger partial charge in [-0.2, -0.15) is 5.10 Å². The summed E-state index contributed by atoms with van der Waals surface area (Å²) >= 11 is 6.12. The van der Waals surface area contributed by atoms with Crippen molar-refractivity contribution >= 4 is 23.5 Å². The number of aryl methyl sites for hydroxylation is 2. The number of carbonyl (C=O) groups is 2. The van der Waals surface area contributed by atoms with Gasteiger partial charge in [0.25, 0.3) is 5.91 Å². The molecule has 1 amide bonds. The van der Waals surface area contributed by atoms with Crippen molar-refractivity contribution in [3.8, 4) is 5.82 Å². The van der Waals surface area contributed by atoms with Crippen molar-refractivity contribution < 1.29 is 14.3 Å². The molecule has 144 valence electrons. The summed E-state index contributed by atoms with van der Waals surface area (Å²) in [5, 5.41) is 4.52. The monoisotopic (exact) mass is 390 g/mol. The molecule has 0 radical (unpaired) electrons. The lowest BCUT2D eigenvalue weighted by molar-refractivity contribution is -0.136. The van der Waals surface area contributed by atoms with Gasteiger partial charge in [0, 0.05) is 18.8 Å². The van der Waals surface area contributed by atoms with Crippen LogP contribution in [0.4, 0.5) is 0 Å². The second kappa shape index (κ2) is 8.08. The summed E-state index contributed by atoms with van der Waals surface area (Å²) in [5.74, 6) is 0.0163. The molecule has 1 atom stereocenters. The lowest BCUT2D eigenvalue weighted by atomic mass is 10.0. The van der Waals surface area contributed by atoms with Gasteiger partial charge in [-0.1, -0.05) is 18.5 Å². The zero-order chi connectivity index (χ0) is 19.6. The van der Waals surface area contributed by atoms with Crippen molar-refractivity contribution in [2.75, 3.05) is 19.7 Å². The summed E-state index contributed by atoms with van der Waals surface area (Å²) in [5.41, 5.74) is 1.70. The van der Waals surface area contributed by atoms with Gasteiger partial charge in [-0.15, -0.1) is 0 Å². The smallest absolute Gasteiger partial charge is 0.359 e. The fourth-order valence-corrected chi connectivity index (χ4v) is 3.44. The normalized spacial score (nSPS) is 17.0. The zero-order valence-electron chi connectivity index (χ0n) is 15.7. The van der Waals surface area contributed by atoms with Crippen LogP contribution in [-0.4, -0.2) is 51.2 Å². The Bertz CT molecular complexity index is 865. The molecule has 0 aliphatic carbocycles. The Morgan fingerprint density at radius 3 is 2.78 bits per heavy atom. The Morgan fingerprint density at radius 1 is 1.33 bits per heavy atom. The molecule has 0 saturated carbocycles. The van der Waals surface area contributed by atoms with Crippen LogP contribution in [0.5, 0.6) is 0 Å². The van der Waals surface area contributed by atoms with Crippen LogP contribution in [0.3, 0.4) is 0 Å². The Balaban J connectivity index is 1.70. The molecule has 3 heterocycles. The molecule has 0 N–H and O–H groups in total. The molecule has 1 aliphatic heterocycles. The molecule has 2 aromatic heterocycles. The van der Waals surface area contributed by atoms with Gasteiger partial charge in [-0.25, -0.2) is 14.5 Å². The molecule has 8 heteroatoms. The number of hydrogen-bond acceptors (Lipinski definition) is 5. The van der Waals surface area contributed by atoms with Crippen LogP contribution in [-0.2, 0) is 9.53 Å². The molecule has 1 unspecified atom stereocenters. The first kappa shape index (κ1) is 19.4. The highest BCUT2D eigenvalue weighted by molar-refractivity contribution is 6.33. The summed E-state index contributed by atoms with van der Waals surface area (Å²) < 4.78 is 6.81. The topological polar surface area (TPSA) is 77.3 Å². The molecule has 0 spiro atoms. The Kier molecular flexibility index (Phi) is 5.79. The number of pyridine rings is 1. The van der Waals surface area contributed by atoms with Gasteiger partial charge in [0.15, 0.2) is 18.1 Å². The van der Waals surface area contributed by atoms with Gasteiger partial charge in [0.1, 0.15) is 0 Å². The van der Waals surface area contributed by atoms with Crippen LogP contribution in [0.25, 0.3) is 5.82 Å². The van der Waals surface area contributed by atoms with Crippen LogP contribution in [0.2, 0.25) is 5.02 Å². The van der Waals surface area contributed by atoms with E-state index < -0.39 is 5.97 Å². The average molecular weight is 391 g/mol. The van der Waals surface area contributed by atoms with E-state index in [1.165, 1.54) is 0 Å². The maximum Gasteiger partial charge on any atom is 0.359 e. The summed E-state index contributed by atoms with van der Waals surface area (Å²) in [4.78, 5) is 30.7. The number of esters is 1. The number of likely N-dealkylation sites (tertiary alicyclic amines) is 1. The molecule has 2 aromatic rings. The van der Waals surface area contributed by atoms with Crippen molar-refractivity contribution in [1.82, 2.24) is 19.7 Å². The number of hydrogen-bond donors (Lipinski definition) is 0. The Morgan fingerprint density at radius 2 is 2.11 bits per heavy atom. The third-order valence-corrected chi connectivity index (χ3v) is 4.89. The number of nitrogens with zero attached hydrogens (tertiary/aromatic N) is 4. The van der Waals surface area contributed by atoms with Crippen LogP contribution in [0, 0.1) is 19.8 Å². The van der Waals surface area contributed by atoms with E-state index in [1.54, 1.807) is 21.7 Å². The maximum atomic E-state index is 12.4. The van der Waals surface area contributed by atoms with Gasteiger partial charge < -0.3 is 9.64 Å². The molecule has 0 bridgehead atoms. The number of amides is 1. The molecule has 1 fully saturated rings. The first-order chi connectivity index (χ1) is 12.8. The molecule has 1 saturated heterocycles. The van der Waals surface area contributed by atoms with E-state index >= 15 is 0 Å². The fraction of sp³-hybridized carbons (Fsp3) is 0.474. The molecule has 1 aliphatic rings. The van der Waals surface area contributed by atoms with E-state index in [-0.39, 0.29) is 23.2 Å². The predicted octanol–water partition coefficient (Wildman–Crippen LogP) is 2.95. The minimum absolute atomic E-state index is 0.0264. The van der Waals surface area contributed by atoms with Crippen molar-refractivity contribution in [2.45, 2.75) is 33.6 Å². The quantitative estimate of drug-likeness (QED) is 0.750. The van der Waals surface area contributed by atoms with Crippen molar-refractivity contribution in [3.05, 3.63) is 40.3 Å². The highest BCUT2D eigenvalue weighted by atomic mass is 35.5. The van der Waals surface area contributed by atoms with Crippen LogP contribution >= 0.6 is 11.6 Å². The molecule has 7 nitrogen and oxygen atoms in total. The van der Waals surface area contributed by atoms with Crippen molar-refractivity contribution in [3.63, 3.8) is 0 Å². The Labute approximate surface area is 163 Å². The summed E-state index contributed by atoms with van der Waals surface area (Å²) in [6.45, 7) is 6.97. The van der Waals surface area contributed by atoms with Crippen LogP contribution < -0.4 is 0 Å². The number of rotatable bonds is 4. The van der Waals surface area contributed by atoms with Gasteiger partial charge >= 0.3 is 5.97 Å². The number of halogens is 1. The highest BCUT2D eigenvalue weighted by Crippen LogP contribution is 2.19.